The van der Waals surface area contributed by atoms with Crippen LogP contribution in [0, 0.1) is 35.0 Å². The summed E-state index contributed by atoms with van der Waals surface area (Å²) in [5, 5.41) is 0.0963. The Hall–Kier alpha value is -0.973. The average Bonchev–Trinajstić information content (AvgIpc) is 3.29. The van der Waals surface area contributed by atoms with Crippen LogP contribution in [-0.4, -0.2) is 33.8 Å². The molecule has 3 rings (SSSR count). The van der Waals surface area contributed by atoms with Gasteiger partial charge in [0.2, 0.25) is 0 Å². The number of hydrogen-bond donors (Lipinski definition) is 0. The van der Waals surface area contributed by atoms with Gasteiger partial charge in [0.1, 0.15) is 0 Å². The molecule has 3 saturated carbocycles. The minimum atomic E-state index is -3.32. The third-order valence-electron chi connectivity index (χ3n) is 11.9. The van der Waals surface area contributed by atoms with Crippen LogP contribution in [0.1, 0.15) is 100 Å². The lowest BCUT2D eigenvalue weighted by Crippen LogP contribution is -2.46. The van der Waals surface area contributed by atoms with Crippen LogP contribution >= 0.6 is 7.60 Å². The summed E-state index contributed by atoms with van der Waals surface area (Å²) in [4.78, 5) is 0. The van der Waals surface area contributed by atoms with E-state index >= 15 is 0 Å². The van der Waals surface area contributed by atoms with Gasteiger partial charge in [0.15, 0.2) is 8.32 Å². The van der Waals surface area contributed by atoms with E-state index in [-0.39, 0.29) is 17.3 Å². The standard InChI is InChI=1S/C38H65O4PSi/c1-14-24-43(39,40-11)41-36-26-33(42-44(12,13)37(7,8)9)25-32(30(36)6)20-19-31-16-15-23-38(10)34(21-22-35(31)38)29(5)18-17-28(4)27(2)3/h14,17-20,27-29,33-36H,1,6,15-16,21-26H2,2-5,7-13H3/b18-17+,31-19+,32-20+/t28-,29+,33+,34+,35-,36-,38+,43?/m0/s1. The minimum absolute atomic E-state index is 0.0153. The Morgan fingerprint density at radius 2 is 1.80 bits per heavy atom. The highest BCUT2D eigenvalue weighted by Gasteiger charge is 2.50. The molecule has 6 heteroatoms. The fourth-order valence-corrected chi connectivity index (χ4v) is 10.2. The van der Waals surface area contributed by atoms with Gasteiger partial charge >= 0.3 is 7.60 Å². The van der Waals surface area contributed by atoms with E-state index in [2.05, 4.69) is 106 Å². The monoisotopic (exact) mass is 644 g/mol. The van der Waals surface area contributed by atoms with Crippen LogP contribution in [0.5, 0.6) is 0 Å². The average molecular weight is 645 g/mol. The highest BCUT2D eigenvalue weighted by Crippen LogP contribution is 2.60. The van der Waals surface area contributed by atoms with Crippen LogP contribution in [0.25, 0.3) is 0 Å². The van der Waals surface area contributed by atoms with Gasteiger partial charge in [0, 0.05) is 13.5 Å². The van der Waals surface area contributed by atoms with Gasteiger partial charge in [0.25, 0.3) is 0 Å². The summed E-state index contributed by atoms with van der Waals surface area (Å²) in [5.74, 6) is 3.24. The third-order valence-corrected chi connectivity index (χ3v) is 18.2. The molecule has 1 unspecified atom stereocenters. The van der Waals surface area contributed by atoms with Gasteiger partial charge in [-0.2, -0.15) is 0 Å². The SMILES string of the molecule is C=CCP(=O)(OC)O[C@H]1C[C@H](O[Si](C)(C)C(C)(C)C)C/C(=C\C=C2/CCC[C@]3(C)[C@@H]([C@H](C)/C=C/[C@H](C)C(C)C)CC[C@@H]23)C1=C. The first-order valence-electron chi connectivity index (χ1n) is 17.3. The Morgan fingerprint density at radius 1 is 1.11 bits per heavy atom. The molecule has 0 N–H and O–H groups in total. The maximum Gasteiger partial charge on any atom is 0.334 e. The van der Waals surface area contributed by atoms with Crippen molar-refractivity contribution in [3.8, 4) is 0 Å². The first-order chi connectivity index (χ1) is 20.4. The van der Waals surface area contributed by atoms with Gasteiger partial charge in [-0.1, -0.05) is 97.9 Å². The van der Waals surface area contributed by atoms with E-state index in [1.165, 1.54) is 39.2 Å². The van der Waals surface area contributed by atoms with E-state index < -0.39 is 22.0 Å². The van der Waals surface area contributed by atoms with Crippen LogP contribution in [0.3, 0.4) is 0 Å². The van der Waals surface area contributed by atoms with Crippen LogP contribution < -0.4 is 0 Å². The molecule has 3 aliphatic carbocycles. The molecule has 0 aliphatic heterocycles. The second kappa shape index (κ2) is 14.8. The quantitative estimate of drug-likeness (QED) is 0.120. The summed E-state index contributed by atoms with van der Waals surface area (Å²) in [6.07, 6.45) is 18.8. The normalized spacial score (nSPS) is 33.1. The summed E-state index contributed by atoms with van der Waals surface area (Å²) >= 11 is 0. The fourth-order valence-electron chi connectivity index (χ4n) is 7.58. The Bertz CT molecular complexity index is 1160. The Balaban J connectivity index is 1.90. The Morgan fingerprint density at radius 3 is 2.39 bits per heavy atom. The smallest absolute Gasteiger partial charge is 0.334 e. The van der Waals surface area contributed by atoms with Crippen molar-refractivity contribution >= 4 is 15.9 Å². The van der Waals surface area contributed by atoms with Crippen molar-refractivity contribution in [3.05, 3.63) is 60.3 Å². The fraction of sp³-hybridized carbons (Fsp3) is 0.737. The molecule has 0 aromatic rings. The number of fused-ring (bicyclic) bond motifs is 1. The molecule has 0 aromatic carbocycles. The zero-order valence-electron chi connectivity index (χ0n) is 30.1. The molecule has 0 bridgehead atoms. The molecule has 4 nitrogen and oxygen atoms in total. The lowest BCUT2D eigenvalue weighted by molar-refractivity contribution is 0.0944. The van der Waals surface area contributed by atoms with Crippen molar-refractivity contribution in [2.45, 2.75) is 131 Å². The van der Waals surface area contributed by atoms with Crippen molar-refractivity contribution in [3.63, 3.8) is 0 Å². The Kier molecular flexibility index (Phi) is 12.6. The minimum Gasteiger partial charge on any atom is -0.413 e. The molecular weight excluding hydrogens is 579 g/mol. The molecule has 3 aliphatic rings. The van der Waals surface area contributed by atoms with Crippen molar-refractivity contribution in [1.82, 2.24) is 0 Å². The van der Waals surface area contributed by atoms with E-state index in [1.54, 1.807) is 11.6 Å². The molecule has 44 heavy (non-hydrogen) atoms. The van der Waals surface area contributed by atoms with Crippen molar-refractivity contribution < 1.29 is 18.0 Å². The second-order valence-corrected chi connectivity index (χ2v) is 23.1. The van der Waals surface area contributed by atoms with Crippen LogP contribution in [0.15, 0.2) is 60.3 Å². The van der Waals surface area contributed by atoms with E-state index in [1.807, 2.05) is 0 Å². The van der Waals surface area contributed by atoms with Gasteiger partial charge in [0.05, 0.1) is 18.4 Å². The van der Waals surface area contributed by atoms with E-state index in [0.29, 0.717) is 35.5 Å². The van der Waals surface area contributed by atoms with Gasteiger partial charge in [-0.05, 0) is 103 Å². The summed E-state index contributed by atoms with van der Waals surface area (Å²) in [5.41, 5.74) is 3.98. The number of allylic oxidation sites excluding steroid dienone is 6. The molecule has 250 valence electrons. The summed E-state index contributed by atoms with van der Waals surface area (Å²) in [6.45, 7) is 31.7. The molecular formula is C38H65O4PSi. The summed E-state index contributed by atoms with van der Waals surface area (Å²) < 4.78 is 32.0. The van der Waals surface area contributed by atoms with Crippen molar-refractivity contribution in [2.75, 3.05) is 13.3 Å². The summed E-state index contributed by atoms with van der Waals surface area (Å²) in [6, 6.07) is 0. The van der Waals surface area contributed by atoms with Gasteiger partial charge in [-0.25, -0.2) is 0 Å². The molecule has 8 atom stereocenters. The third kappa shape index (κ3) is 8.68. The number of hydrogen-bond acceptors (Lipinski definition) is 4. The zero-order valence-corrected chi connectivity index (χ0v) is 32.0. The molecule has 0 amide bonds. The topological polar surface area (TPSA) is 44.8 Å². The van der Waals surface area contributed by atoms with Crippen LogP contribution in [0.2, 0.25) is 18.1 Å². The molecule has 0 saturated heterocycles. The maximum atomic E-state index is 13.4. The predicted molar refractivity (Wildman–Crippen MR) is 192 cm³/mol. The predicted octanol–water partition coefficient (Wildman–Crippen LogP) is 11.7. The van der Waals surface area contributed by atoms with E-state index in [0.717, 1.165) is 23.5 Å². The first kappa shape index (κ1) is 37.5. The molecule has 0 aromatic heterocycles. The molecule has 0 radical (unpaired) electrons. The van der Waals surface area contributed by atoms with E-state index in [4.69, 9.17) is 13.5 Å². The van der Waals surface area contributed by atoms with Crippen LogP contribution in [-0.2, 0) is 18.0 Å². The lowest BCUT2D eigenvalue weighted by atomic mass is 9.61. The zero-order chi connectivity index (χ0) is 33.1. The highest BCUT2D eigenvalue weighted by atomic mass is 31.2. The first-order valence-corrected chi connectivity index (χ1v) is 21.9. The Labute approximate surface area is 272 Å². The summed E-state index contributed by atoms with van der Waals surface area (Å²) in [7, 11) is -3.89. The van der Waals surface area contributed by atoms with Gasteiger partial charge in [-0.15, -0.1) is 6.58 Å². The van der Waals surface area contributed by atoms with Crippen molar-refractivity contribution in [1.29, 1.82) is 0 Å². The number of rotatable bonds is 12. The van der Waals surface area contributed by atoms with Gasteiger partial charge < -0.3 is 13.5 Å². The highest BCUT2D eigenvalue weighted by molar-refractivity contribution is 7.54. The van der Waals surface area contributed by atoms with Crippen LogP contribution in [0.4, 0.5) is 0 Å². The molecule has 0 heterocycles. The largest absolute Gasteiger partial charge is 0.413 e. The second-order valence-electron chi connectivity index (χ2n) is 16.2. The molecule has 0 spiro atoms. The van der Waals surface area contributed by atoms with Gasteiger partial charge in [-0.3, -0.25) is 4.57 Å². The lowest BCUT2D eigenvalue weighted by Gasteiger charge is -2.44. The van der Waals surface area contributed by atoms with Crippen molar-refractivity contribution in [2.24, 2.45) is 35.0 Å². The maximum absolute atomic E-state index is 13.4. The molecule has 3 fully saturated rings. The van der Waals surface area contributed by atoms with E-state index in [9.17, 15) is 4.57 Å².